The number of hydrogen-bond acceptors (Lipinski definition) is 11. The topological polar surface area (TPSA) is 197 Å². The first-order valence-corrected chi connectivity index (χ1v) is 4.76. The summed E-state index contributed by atoms with van der Waals surface area (Å²) < 4.78 is 3.84. The van der Waals surface area contributed by atoms with Crippen molar-refractivity contribution in [3.8, 4) is 0 Å². The van der Waals surface area contributed by atoms with Crippen LogP contribution in [0.15, 0.2) is 0 Å². The standard InChI is InChI=1S/C8H8O12/c9-1-2(10)5(13)19-20-6(14)3(11)8(17,7(15)16)18-4(1)12/h1-3,9-11,17H,(H,15,16). The molecule has 12 heteroatoms. The van der Waals surface area contributed by atoms with Crippen molar-refractivity contribution in [2.45, 2.75) is 24.1 Å². The highest BCUT2D eigenvalue weighted by molar-refractivity contribution is 5.92. The van der Waals surface area contributed by atoms with Crippen LogP contribution in [0, 0.1) is 0 Å². The van der Waals surface area contributed by atoms with Gasteiger partial charge in [-0.1, -0.05) is 0 Å². The number of esters is 1. The van der Waals surface area contributed by atoms with Gasteiger partial charge in [0.1, 0.15) is 0 Å². The number of carbonyl (C=O) groups excluding carboxylic acids is 3. The molecule has 0 aromatic heterocycles. The molecule has 5 N–H and O–H groups in total. The van der Waals surface area contributed by atoms with E-state index in [1.54, 1.807) is 0 Å². The number of hydrogen-bond donors (Lipinski definition) is 5. The second-order valence-corrected chi connectivity index (χ2v) is 3.52. The van der Waals surface area contributed by atoms with Crippen LogP contribution in [0.5, 0.6) is 0 Å². The van der Waals surface area contributed by atoms with Crippen molar-refractivity contribution >= 4 is 23.9 Å². The maximum atomic E-state index is 11.2. The first kappa shape index (κ1) is 15.8. The molecule has 20 heavy (non-hydrogen) atoms. The number of aliphatic hydroxyl groups is 4. The lowest BCUT2D eigenvalue weighted by molar-refractivity contribution is -0.297. The number of carboxylic acid groups (broad SMARTS) is 1. The fourth-order valence-electron chi connectivity index (χ4n) is 1.02. The first-order valence-electron chi connectivity index (χ1n) is 4.76. The largest absolute Gasteiger partial charge is 0.476 e. The highest BCUT2D eigenvalue weighted by atomic mass is 17.2. The third kappa shape index (κ3) is 2.67. The van der Waals surface area contributed by atoms with Crippen molar-refractivity contribution < 1.29 is 59.2 Å². The summed E-state index contributed by atoms with van der Waals surface area (Å²) in [5.41, 5.74) is 0. The molecular formula is C8H8O12. The Balaban J connectivity index is 3.19. The summed E-state index contributed by atoms with van der Waals surface area (Å²) in [4.78, 5) is 51.3. The van der Waals surface area contributed by atoms with Gasteiger partial charge in [-0.05, 0) is 0 Å². The van der Waals surface area contributed by atoms with Crippen molar-refractivity contribution in [1.82, 2.24) is 0 Å². The summed E-state index contributed by atoms with van der Waals surface area (Å²) in [6.45, 7) is 0. The summed E-state index contributed by atoms with van der Waals surface area (Å²) in [6.07, 6.45) is -8.22. The quantitative estimate of drug-likeness (QED) is 0.229. The summed E-state index contributed by atoms with van der Waals surface area (Å²) in [5, 5.41) is 45.5. The normalized spacial score (nSPS) is 35.6. The molecule has 0 bridgehead atoms. The molecule has 0 amide bonds. The van der Waals surface area contributed by atoms with E-state index in [-0.39, 0.29) is 0 Å². The van der Waals surface area contributed by atoms with E-state index >= 15 is 0 Å². The zero-order valence-electron chi connectivity index (χ0n) is 9.33. The number of rotatable bonds is 1. The highest BCUT2D eigenvalue weighted by Gasteiger charge is 2.55. The molecule has 1 rings (SSSR count). The van der Waals surface area contributed by atoms with Gasteiger partial charge in [0, 0.05) is 0 Å². The summed E-state index contributed by atoms with van der Waals surface area (Å²) in [6, 6.07) is 0. The van der Waals surface area contributed by atoms with Gasteiger partial charge in [0.15, 0.2) is 12.2 Å². The lowest BCUT2D eigenvalue weighted by Gasteiger charge is -2.28. The van der Waals surface area contributed by atoms with Crippen LogP contribution in [0.4, 0.5) is 0 Å². The lowest BCUT2D eigenvalue weighted by Crippen LogP contribution is -2.59. The number of cyclic esters (lactones) is 1. The smallest absolute Gasteiger partial charge is 0.391 e. The first-order chi connectivity index (χ1) is 9.11. The van der Waals surface area contributed by atoms with Gasteiger partial charge in [0.2, 0.25) is 6.10 Å². The zero-order valence-corrected chi connectivity index (χ0v) is 9.33. The molecule has 1 fully saturated rings. The molecule has 12 nitrogen and oxygen atoms in total. The predicted octanol–water partition coefficient (Wildman–Crippen LogP) is -4.60. The fourth-order valence-corrected chi connectivity index (χ4v) is 1.02. The molecule has 0 spiro atoms. The minimum absolute atomic E-state index is 1.80. The molecule has 112 valence electrons. The number of carbonyl (C=O) groups is 4. The lowest BCUT2D eigenvalue weighted by atomic mass is 10.1. The maximum Gasteiger partial charge on any atom is 0.391 e. The Morgan fingerprint density at radius 2 is 1.40 bits per heavy atom. The molecule has 1 aliphatic rings. The van der Waals surface area contributed by atoms with Gasteiger partial charge in [0.25, 0.3) is 0 Å². The highest BCUT2D eigenvalue weighted by Crippen LogP contribution is 2.18. The van der Waals surface area contributed by atoms with Crippen LogP contribution in [-0.4, -0.2) is 73.5 Å². The van der Waals surface area contributed by atoms with E-state index in [1.165, 1.54) is 0 Å². The second kappa shape index (κ2) is 5.38. The molecule has 4 atom stereocenters. The van der Waals surface area contributed by atoms with E-state index in [4.69, 9.17) is 15.3 Å². The van der Waals surface area contributed by atoms with E-state index < -0.39 is 48.0 Å². The Hall–Kier alpha value is -2.28. The van der Waals surface area contributed by atoms with E-state index in [1.807, 2.05) is 0 Å². The van der Waals surface area contributed by atoms with Gasteiger partial charge in [-0.3, -0.25) is 0 Å². The van der Waals surface area contributed by atoms with Gasteiger partial charge < -0.3 is 30.3 Å². The number of aliphatic carboxylic acids is 1. The molecule has 4 unspecified atom stereocenters. The van der Waals surface area contributed by atoms with Gasteiger partial charge in [0.05, 0.1) is 0 Å². The SMILES string of the molecule is O=C1OOC(=O)C(O)C(O)(C(=O)O)OC(=O)C(O)C1O. The van der Waals surface area contributed by atoms with Crippen molar-refractivity contribution in [2.75, 3.05) is 0 Å². The van der Waals surface area contributed by atoms with E-state index in [0.717, 1.165) is 0 Å². The Kier molecular flexibility index (Phi) is 4.24. The average molecular weight is 296 g/mol. The second-order valence-electron chi connectivity index (χ2n) is 3.52. The van der Waals surface area contributed by atoms with Crippen molar-refractivity contribution in [1.29, 1.82) is 0 Å². The van der Waals surface area contributed by atoms with Crippen LogP contribution in [0.25, 0.3) is 0 Å². The fraction of sp³-hybridized carbons (Fsp3) is 0.500. The molecular weight excluding hydrogens is 288 g/mol. The molecule has 1 heterocycles. The monoisotopic (exact) mass is 296 g/mol. The molecule has 0 aromatic carbocycles. The summed E-state index contributed by atoms with van der Waals surface area (Å²) in [7, 11) is 0. The summed E-state index contributed by atoms with van der Waals surface area (Å²) in [5.74, 6) is -12.0. The Bertz CT molecular complexity index is 456. The van der Waals surface area contributed by atoms with Crippen LogP contribution in [0.3, 0.4) is 0 Å². The van der Waals surface area contributed by atoms with Crippen LogP contribution < -0.4 is 0 Å². The van der Waals surface area contributed by atoms with Crippen LogP contribution in [-0.2, 0) is 33.7 Å². The van der Waals surface area contributed by atoms with E-state index in [0.29, 0.717) is 0 Å². The number of carboxylic acids is 1. The maximum absolute atomic E-state index is 11.2. The minimum atomic E-state index is -3.82. The molecule has 0 aromatic rings. The zero-order chi connectivity index (χ0) is 15.7. The number of aliphatic hydroxyl groups excluding tert-OH is 3. The third-order valence-corrected chi connectivity index (χ3v) is 2.14. The molecule has 0 radical (unpaired) electrons. The predicted molar refractivity (Wildman–Crippen MR) is 48.9 cm³/mol. The van der Waals surface area contributed by atoms with Crippen molar-refractivity contribution in [3.63, 3.8) is 0 Å². The third-order valence-electron chi connectivity index (χ3n) is 2.14. The average Bonchev–Trinajstić information content (AvgIpc) is 2.40. The Morgan fingerprint density at radius 1 is 0.950 bits per heavy atom. The molecule has 0 aliphatic carbocycles. The van der Waals surface area contributed by atoms with Crippen LogP contribution in [0.1, 0.15) is 0 Å². The molecule has 1 saturated heterocycles. The van der Waals surface area contributed by atoms with E-state index in [9.17, 15) is 29.4 Å². The van der Waals surface area contributed by atoms with Crippen LogP contribution >= 0.6 is 0 Å². The van der Waals surface area contributed by atoms with Gasteiger partial charge >= 0.3 is 29.7 Å². The minimum Gasteiger partial charge on any atom is -0.476 e. The van der Waals surface area contributed by atoms with Crippen molar-refractivity contribution in [3.05, 3.63) is 0 Å². The van der Waals surface area contributed by atoms with Gasteiger partial charge in [-0.2, -0.15) is 0 Å². The van der Waals surface area contributed by atoms with E-state index in [2.05, 4.69) is 14.5 Å². The van der Waals surface area contributed by atoms with Gasteiger partial charge in [-0.25, -0.2) is 29.0 Å². The summed E-state index contributed by atoms with van der Waals surface area (Å²) >= 11 is 0. The number of ether oxygens (including phenoxy) is 1. The van der Waals surface area contributed by atoms with Crippen LogP contribution in [0.2, 0.25) is 0 Å². The molecule has 0 saturated carbocycles. The Morgan fingerprint density at radius 3 is 1.90 bits per heavy atom. The Labute approximate surface area is 108 Å². The van der Waals surface area contributed by atoms with Gasteiger partial charge in [-0.15, -0.1) is 0 Å². The van der Waals surface area contributed by atoms with Crippen molar-refractivity contribution in [2.24, 2.45) is 0 Å². The molecule has 1 aliphatic heterocycles.